The first kappa shape index (κ1) is 16.3. The topological polar surface area (TPSA) is 3.24 Å². The highest BCUT2D eigenvalue weighted by Gasteiger charge is 2.14. The zero-order valence-corrected chi connectivity index (χ0v) is 14.7. The van der Waals surface area contributed by atoms with Crippen molar-refractivity contribution in [2.45, 2.75) is 33.1 Å². The minimum atomic E-state index is 0.598. The van der Waals surface area contributed by atoms with Crippen molar-refractivity contribution in [3.8, 4) is 0 Å². The minimum Gasteiger partial charge on any atom is -0.310 e. The van der Waals surface area contributed by atoms with Gasteiger partial charge in [-0.15, -0.1) is 0 Å². The predicted molar refractivity (Wildman–Crippen MR) is 105 cm³/mol. The van der Waals surface area contributed by atoms with Gasteiger partial charge in [-0.25, -0.2) is 0 Å². The van der Waals surface area contributed by atoms with E-state index in [4.69, 9.17) is 0 Å². The van der Waals surface area contributed by atoms with Crippen molar-refractivity contribution in [3.63, 3.8) is 0 Å². The molecule has 3 aromatic carbocycles. The van der Waals surface area contributed by atoms with Crippen molar-refractivity contribution >= 4 is 17.1 Å². The second-order valence-corrected chi connectivity index (χ2v) is 6.36. The summed E-state index contributed by atoms with van der Waals surface area (Å²) in [6.45, 7) is 6.77. The first-order valence-electron chi connectivity index (χ1n) is 8.71. The van der Waals surface area contributed by atoms with Crippen LogP contribution in [0, 0.1) is 6.92 Å². The zero-order chi connectivity index (χ0) is 16.9. The lowest BCUT2D eigenvalue weighted by atomic mass is 9.94. The molecule has 24 heavy (non-hydrogen) atoms. The molecule has 1 unspecified atom stereocenters. The van der Waals surface area contributed by atoms with Crippen LogP contribution in [0.5, 0.6) is 0 Å². The number of hydrogen-bond acceptors (Lipinski definition) is 1. The van der Waals surface area contributed by atoms with E-state index in [1.807, 2.05) is 0 Å². The van der Waals surface area contributed by atoms with E-state index in [0.29, 0.717) is 5.92 Å². The van der Waals surface area contributed by atoms with Gasteiger partial charge in [-0.3, -0.25) is 0 Å². The molecule has 3 aromatic rings. The van der Waals surface area contributed by atoms with E-state index < -0.39 is 0 Å². The highest BCUT2D eigenvalue weighted by Crippen LogP contribution is 2.36. The van der Waals surface area contributed by atoms with Crippen molar-refractivity contribution in [2.75, 3.05) is 4.90 Å². The highest BCUT2D eigenvalue weighted by atomic mass is 15.1. The Morgan fingerprint density at radius 2 is 1.29 bits per heavy atom. The second kappa shape index (κ2) is 7.35. The second-order valence-electron chi connectivity index (χ2n) is 6.36. The van der Waals surface area contributed by atoms with Crippen molar-refractivity contribution in [3.05, 3.63) is 90.0 Å². The van der Waals surface area contributed by atoms with Crippen LogP contribution in [0.4, 0.5) is 17.1 Å². The molecule has 0 heterocycles. The first-order chi connectivity index (χ1) is 11.7. The third-order valence-corrected chi connectivity index (χ3v) is 4.68. The lowest BCUT2D eigenvalue weighted by molar-refractivity contribution is 0.728. The zero-order valence-electron chi connectivity index (χ0n) is 14.7. The van der Waals surface area contributed by atoms with E-state index in [1.54, 1.807) is 0 Å². The molecule has 0 aliphatic carbocycles. The van der Waals surface area contributed by atoms with Crippen LogP contribution in [-0.4, -0.2) is 0 Å². The number of para-hydroxylation sites is 2. The van der Waals surface area contributed by atoms with Crippen LogP contribution < -0.4 is 4.90 Å². The molecule has 0 radical (unpaired) electrons. The SMILES string of the molecule is CCC(C)c1ccc(N(c2ccccc2)c2ccccc2)cc1C. The van der Waals surface area contributed by atoms with Crippen molar-refractivity contribution < 1.29 is 0 Å². The van der Waals surface area contributed by atoms with Crippen LogP contribution >= 0.6 is 0 Å². The molecule has 3 rings (SSSR count). The Hall–Kier alpha value is -2.54. The third kappa shape index (κ3) is 3.35. The maximum atomic E-state index is 2.31. The smallest absolute Gasteiger partial charge is 0.0464 e. The number of nitrogens with zero attached hydrogens (tertiary/aromatic N) is 1. The fourth-order valence-corrected chi connectivity index (χ4v) is 3.17. The largest absolute Gasteiger partial charge is 0.310 e. The van der Waals surface area contributed by atoms with Crippen LogP contribution in [0.3, 0.4) is 0 Å². The Balaban J connectivity index is 2.08. The highest BCUT2D eigenvalue weighted by molar-refractivity contribution is 5.76. The molecule has 0 N–H and O–H groups in total. The van der Waals surface area contributed by atoms with Gasteiger partial charge in [0.25, 0.3) is 0 Å². The van der Waals surface area contributed by atoms with E-state index in [0.717, 1.165) is 0 Å². The van der Waals surface area contributed by atoms with Gasteiger partial charge in [0.1, 0.15) is 0 Å². The monoisotopic (exact) mass is 315 g/mol. The molecule has 0 fully saturated rings. The van der Waals surface area contributed by atoms with Crippen LogP contribution in [-0.2, 0) is 0 Å². The fraction of sp³-hybridized carbons (Fsp3) is 0.217. The Morgan fingerprint density at radius 1 is 0.750 bits per heavy atom. The molecule has 0 aromatic heterocycles. The minimum absolute atomic E-state index is 0.598. The van der Waals surface area contributed by atoms with Crippen LogP contribution in [0.15, 0.2) is 78.9 Å². The molecule has 0 aliphatic rings. The van der Waals surface area contributed by atoms with Crippen LogP contribution in [0.2, 0.25) is 0 Å². The van der Waals surface area contributed by atoms with Gasteiger partial charge >= 0.3 is 0 Å². The van der Waals surface area contributed by atoms with E-state index >= 15 is 0 Å². The number of hydrogen-bond donors (Lipinski definition) is 0. The van der Waals surface area contributed by atoms with Crippen LogP contribution in [0.25, 0.3) is 0 Å². The Kier molecular flexibility index (Phi) is 5.00. The first-order valence-corrected chi connectivity index (χ1v) is 8.71. The lowest BCUT2D eigenvalue weighted by Crippen LogP contribution is -2.10. The number of aryl methyl sites for hydroxylation is 1. The number of benzene rings is 3. The normalized spacial score (nSPS) is 12.0. The van der Waals surface area contributed by atoms with Gasteiger partial charge in [-0.2, -0.15) is 0 Å². The summed E-state index contributed by atoms with van der Waals surface area (Å²) in [6, 6.07) is 27.9. The van der Waals surface area contributed by atoms with Gasteiger partial charge in [0.15, 0.2) is 0 Å². The third-order valence-electron chi connectivity index (χ3n) is 4.68. The van der Waals surface area contributed by atoms with Gasteiger partial charge in [0, 0.05) is 17.1 Å². The predicted octanol–water partition coefficient (Wildman–Crippen LogP) is 6.98. The van der Waals surface area contributed by atoms with E-state index in [1.165, 1.54) is 34.6 Å². The molecule has 1 heteroatoms. The van der Waals surface area contributed by atoms with Crippen molar-refractivity contribution in [2.24, 2.45) is 0 Å². The molecule has 122 valence electrons. The Morgan fingerprint density at radius 3 is 1.75 bits per heavy atom. The van der Waals surface area contributed by atoms with Gasteiger partial charge in [-0.1, -0.05) is 56.3 Å². The molecular weight excluding hydrogens is 290 g/mol. The summed E-state index contributed by atoms with van der Waals surface area (Å²) in [7, 11) is 0. The van der Waals surface area contributed by atoms with Gasteiger partial charge in [0.05, 0.1) is 0 Å². The molecule has 1 nitrogen and oxygen atoms in total. The van der Waals surface area contributed by atoms with Gasteiger partial charge in [-0.05, 0) is 66.8 Å². The maximum absolute atomic E-state index is 2.31. The standard InChI is InChI=1S/C23H25N/c1-4-18(2)23-16-15-22(17-19(23)3)24(20-11-7-5-8-12-20)21-13-9-6-10-14-21/h5-18H,4H2,1-3H3. The molecule has 0 saturated carbocycles. The molecule has 0 saturated heterocycles. The number of anilines is 3. The lowest BCUT2D eigenvalue weighted by Gasteiger charge is -2.26. The molecule has 0 amide bonds. The quantitative estimate of drug-likeness (QED) is 0.491. The Labute approximate surface area is 145 Å². The van der Waals surface area contributed by atoms with E-state index in [-0.39, 0.29) is 0 Å². The van der Waals surface area contributed by atoms with Gasteiger partial charge in [0.2, 0.25) is 0 Å². The van der Waals surface area contributed by atoms with Gasteiger partial charge < -0.3 is 4.90 Å². The van der Waals surface area contributed by atoms with Crippen molar-refractivity contribution in [1.82, 2.24) is 0 Å². The molecule has 0 bridgehead atoms. The molecule has 0 aliphatic heterocycles. The molecular formula is C23H25N. The fourth-order valence-electron chi connectivity index (χ4n) is 3.17. The number of rotatable bonds is 5. The summed E-state index contributed by atoms with van der Waals surface area (Å²) in [4.78, 5) is 2.31. The van der Waals surface area contributed by atoms with E-state index in [9.17, 15) is 0 Å². The van der Waals surface area contributed by atoms with Crippen molar-refractivity contribution in [1.29, 1.82) is 0 Å². The maximum Gasteiger partial charge on any atom is 0.0464 e. The summed E-state index contributed by atoms with van der Waals surface area (Å²) in [6.07, 6.45) is 1.17. The summed E-state index contributed by atoms with van der Waals surface area (Å²) >= 11 is 0. The molecule has 1 atom stereocenters. The summed E-state index contributed by atoms with van der Waals surface area (Å²) in [5.74, 6) is 0.598. The summed E-state index contributed by atoms with van der Waals surface area (Å²) < 4.78 is 0. The molecule has 0 spiro atoms. The average molecular weight is 315 g/mol. The summed E-state index contributed by atoms with van der Waals surface area (Å²) in [5, 5.41) is 0. The summed E-state index contributed by atoms with van der Waals surface area (Å²) in [5.41, 5.74) is 6.37. The average Bonchev–Trinajstić information content (AvgIpc) is 2.63. The van der Waals surface area contributed by atoms with E-state index in [2.05, 4.69) is 105 Å². The van der Waals surface area contributed by atoms with Crippen LogP contribution in [0.1, 0.15) is 37.3 Å². The Bertz CT molecular complexity index is 738.